The van der Waals surface area contributed by atoms with Gasteiger partial charge in [-0.3, -0.25) is 4.79 Å². The molecule has 0 radical (unpaired) electrons. The highest BCUT2D eigenvalue weighted by Crippen LogP contribution is 2.39. The van der Waals surface area contributed by atoms with E-state index < -0.39 is 5.97 Å². The number of allylic oxidation sites excluding steroid dienone is 1. The van der Waals surface area contributed by atoms with Gasteiger partial charge in [-0.15, -0.1) is 0 Å². The summed E-state index contributed by atoms with van der Waals surface area (Å²) >= 11 is 0. The zero-order valence-electron chi connectivity index (χ0n) is 23.7. The van der Waals surface area contributed by atoms with E-state index in [2.05, 4.69) is 69.8 Å². The Labute approximate surface area is 235 Å². The van der Waals surface area contributed by atoms with Crippen molar-refractivity contribution >= 4 is 28.5 Å². The number of esters is 1. The van der Waals surface area contributed by atoms with E-state index in [0.717, 1.165) is 65.1 Å². The second kappa shape index (κ2) is 11.5. The van der Waals surface area contributed by atoms with Crippen LogP contribution in [0, 0.1) is 6.92 Å². The number of nitrogens with one attached hydrogen (secondary N) is 1. The molecule has 1 aliphatic rings. The van der Waals surface area contributed by atoms with Gasteiger partial charge in [0, 0.05) is 55.4 Å². The third-order valence-corrected chi connectivity index (χ3v) is 7.48. The van der Waals surface area contributed by atoms with Crippen LogP contribution < -0.4 is 4.90 Å². The molecule has 7 nitrogen and oxygen atoms in total. The van der Waals surface area contributed by atoms with Gasteiger partial charge in [-0.1, -0.05) is 36.9 Å². The molecule has 0 unspecified atom stereocenters. The molecule has 0 saturated carbocycles. The first-order valence-electron chi connectivity index (χ1n) is 13.7. The maximum Gasteiger partial charge on any atom is 0.339 e. The van der Waals surface area contributed by atoms with Crippen LogP contribution in [-0.2, 0) is 16.0 Å². The number of nitrogens with zero attached hydrogens (tertiary/aromatic N) is 3. The molecule has 1 saturated heterocycles. The number of hydrogen-bond donors (Lipinski definition) is 1. The quantitative estimate of drug-likeness (QED) is 0.226. The molecular weight excluding hydrogens is 500 g/mol. The molecule has 2 aromatic heterocycles. The van der Waals surface area contributed by atoms with Crippen molar-refractivity contribution in [1.82, 2.24) is 14.9 Å². The standard InChI is InChI=1S/C33H36N4O3/c1-6-28(38)18-25-17-24(8-7-22(25)4)30-29-19-26(33(39)40-21(2)3)20-34-32(29)35-31(30)23-9-11-27(12-10-23)37-15-13-36(5)14-16-37/h6-12,17,19-21H,1,13-16,18H2,2-5H3,(H,34,35). The Morgan fingerprint density at radius 2 is 1.75 bits per heavy atom. The summed E-state index contributed by atoms with van der Waals surface area (Å²) in [7, 11) is 2.16. The summed E-state index contributed by atoms with van der Waals surface area (Å²) in [6.07, 6.45) is 2.97. The summed E-state index contributed by atoms with van der Waals surface area (Å²) in [5.41, 5.74) is 8.05. The minimum Gasteiger partial charge on any atom is -0.459 e. The normalized spacial score (nSPS) is 14.1. The van der Waals surface area contributed by atoms with E-state index >= 15 is 0 Å². The maximum atomic E-state index is 12.8. The number of ether oxygens (including phenoxy) is 1. The zero-order chi connectivity index (χ0) is 28.4. The lowest BCUT2D eigenvalue weighted by Gasteiger charge is -2.34. The van der Waals surface area contributed by atoms with Gasteiger partial charge in [0.1, 0.15) is 5.65 Å². The number of piperazine rings is 1. The van der Waals surface area contributed by atoms with Crippen LogP contribution in [-0.4, -0.2) is 66.0 Å². The zero-order valence-corrected chi connectivity index (χ0v) is 23.7. The summed E-state index contributed by atoms with van der Waals surface area (Å²) in [5.74, 6) is -0.435. The predicted molar refractivity (Wildman–Crippen MR) is 161 cm³/mol. The molecule has 40 heavy (non-hydrogen) atoms. The van der Waals surface area contributed by atoms with Crippen molar-refractivity contribution in [2.45, 2.75) is 33.3 Å². The van der Waals surface area contributed by atoms with Gasteiger partial charge in [0.25, 0.3) is 0 Å². The number of anilines is 1. The van der Waals surface area contributed by atoms with Gasteiger partial charge in [-0.25, -0.2) is 9.78 Å². The SMILES string of the molecule is C=CC(=O)Cc1cc(-c2c(-c3ccc(N4CCN(C)CC4)cc3)[nH]c3ncc(C(=O)OC(C)C)cc23)ccc1C. The number of aromatic nitrogens is 2. The van der Waals surface area contributed by atoms with Crippen molar-refractivity contribution in [3.63, 3.8) is 0 Å². The number of benzene rings is 2. The molecule has 0 amide bonds. The molecule has 0 bridgehead atoms. The van der Waals surface area contributed by atoms with E-state index in [4.69, 9.17) is 4.74 Å². The van der Waals surface area contributed by atoms with Crippen LogP contribution in [0.25, 0.3) is 33.4 Å². The first-order chi connectivity index (χ1) is 19.2. The summed E-state index contributed by atoms with van der Waals surface area (Å²) in [6, 6.07) is 16.6. The molecule has 0 atom stereocenters. The van der Waals surface area contributed by atoms with Gasteiger partial charge in [0.15, 0.2) is 5.78 Å². The Kier molecular flexibility index (Phi) is 7.85. The number of carbonyl (C=O) groups excluding carboxylic acids is 2. The number of pyridine rings is 1. The summed E-state index contributed by atoms with van der Waals surface area (Å²) < 4.78 is 5.45. The number of aryl methyl sites for hydroxylation is 1. The monoisotopic (exact) mass is 536 g/mol. The van der Waals surface area contributed by atoms with Crippen LogP contribution in [0.5, 0.6) is 0 Å². The average Bonchev–Trinajstić information content (AvgIpc) is 3.33. The third-order valence-electron chi connectivity index (χ3n) is 7.48. The van der Waals surface area contributed by atoms with Gasteiger partial charge in [-0.05, 0) is 74.3 Å². The van der Waals surface area contributed by atoms with Crippen LogP contribution in [0.4, 0.5) is 5.69 Å². The minimum absolute atomic E-state index is 0.0284. The highest BCUT2D eigenvalue weighted by atomic mass is 16.5. The van der Waals surface area contributed by atoms with E-state index in [1.54, 1.807) is 6.20 Å². The van der Waals surface area contributed by atoms with Gasteiger partial charge < -0.3 is 19.5 Å². The predicted octanol–water partition coefficient (Wildman–Crippen LogP) is 5.82. The van der Waals surface area contributed by atoms with Crippen LogP contribution in [0.3, 0.4) is 0 Å². The Morgan fingerprint density at radius 3 is 2.42 bits per heavy atom. The van der Waals surface area contributed by atoms with E-state index in [0.29, 0.717) is 11.2 Å². The number of rotatable bonds is 8. The highest BCUT2D eigenvalue weighted by molar-refractivity contribution is 6.05. The highest BCUT2D eigenvalue weighted by Gasteiger charge is 2.21. The smallest absolute Gasteiger partial charge is 0.339 e. The van der Waals surface area contributed by atoms with Crippen molar-refractivity contribution in [2.24, 2.45) is 0 Å². The number of fused-ring (bicyclic) bond motifs is 1. The third kappa shape index (κ3) is 5.70. The van der Waals surface area contributed by atoms with E-state index in [1.165, 1.54) is 11.8 Å². The number of likely N-dealkylation sites (N-methyl/N-ethyl adjacent to an activating group) is 1. The lowest BCUT2D eigenvalue weighted by atomic mass is 9.93. The summed E-state index contributed by atoms with van der Waals surface area (Å²) in [5, 5.41) is 0.821. The molecule has 1 aliphatic heterocycles. The molecule has 0 aliphatic carbocycles. The minimum atomic E-state index is -0.407. The molecule has 0 spiro atoms. The Hall–Kier alpha value is -4.23. The molecule has 4 aromatic rings. The van der Waals surface area contributed by atoms with Crippen molar-refractivity contribution < 1.29 is 14.3 Å². The van der Waals surface area contributed by atoms with Crippen LogP contribution in [0.15, 0.2) is 67.4 Å². The molecule has 1 N–H and O–H groups in total. The van der Waals surface area contributed by atoms with Crippen LogP contribution in [0.1, 0.15) is 35.3 Å². The fourth-order valence-corrected chi connectivity index (χ4v) is 5.16. The Bertz CT molecular complexity index is 1560. The largest absolute Gasteiger partial charge is 0.459 e. The Balaban J connectivity index is 1.62. The number of aromatic amines is 1. The first-order valence-corrected chi connectivity index (χ1v) is 13.7. The lowest BCUT2D eigenvalue weighted by Crippen LogP contribution is -2.44. The van der Waals surface area contributed by atoms with Gasteiger partial charge in [0.2, 0.25) is 0 Å². The van der Waals surface area contributed by atoms with Crippen LogP contribution in [0.2, 0.25) is 0 Å². The summed E-state index contributed by atoms with van der Waals surface area (Å²) in [6.45, 7) is 13.4. The summed E-state index contributed by atoms with van der Waals surface area (Å²) in [4.78, 5) is 37.9. The Morgan fingerprint density at radius 1 is 1.05 bits per heavy atom. The topological polar surface area (TPSA) is 78.5 Å². The molecule has 5 rings (SSSR count). The molecule has 2 aromatic carbocycles. The molecule has 3 heterocycles. The number of carbonyl (C=O) groups is 2. The maximum absolute atomic E-state index is 12.8. The first kappa shape index (κ1) is 27.3. The van der Waals surface area contributed by atoms with E-state index in [-0.39, 0.29) is 18.3 Å². The molecular formula is C33H36N4O3. The van der Waals surface area contributed by atoms with Crippen molar-refractivity contribution in [1.29, 1.82) is 0 Å². The molecule has 7 heteroatoms. The molecule has 206 valence electrons. The van der Waals surface area contributed by atoms with Crippen molar-refractivity contribution in [3.8, 4) is 22.4 Å². The van der Waals surface area contributed by atoms with Gasteiger partial charge >= 0.3 is 5.97 Å². The fourth-order valence-electron chi connectivity index (χ4n) is 5.16. The second-order valence-electron chi connectivity index (χ2n) is 10.8. The lowest BCUT2D eigenvalue weighted by molar-refractivity contribution is -0.114. The van der Waals surface area contributed by atoms with Crippen LogP contribution >= 0.6 is 0 Å². The molecule has 1 fully saturated rings. The fraction of sp³-hybridized carbons (Fsp3) is 0.303. The number of H-pyrrole nitrogens is 1. The number of hydrogen-bond acceptors (Lipinski definition) is 6. The van der Waals surface area contributed by atoms with Gasteiger partial charge in [0.05, 0.1) is 17.4 Å². The van der Waals surface area contributed by atoms with E-state index in [9.17, 15) is 9.59 Å². The second-order valence-corrected chi connectivity index (χ2v) is 10.8. The van der Waals surface area contributed by atoms with Crippen molar-refractivity contribution in [2.75, 3.05) is 38.1 Å². The van der Waals surface area contributed by atoms with Crippen molar-refractivity contribution in [3.05, 3.63) is 84.1 Å². The number of ketones is 1. The van der Waals surface area contributed by atoms with Gasteiger partial charge in [-0.2, -0.15) is 0 Å². The van der Waals surface area contributed by atoms with E-state index in [1.807, 2.05) is 32.9 Å². The average molecular weight is 537 g/mol.